The van der Waals surface area contributed by atoms with Crippen LogP contribution in [0.1, 0.15) is 29.3 Å². The summed E-state index contributed by atoms with van der Waals surface area (Å²) >= 11 is 0. The number of H-pyrrole nitrogens is 1. The summed E-state index contributed by atoms with van der Waals surface area (Å²) in [6, 6.07) is 7.11. The smallest absolute Gasteiger partial charge is 0.282 e. The number of methoxy groups -OCH3 is 1. The second kappa shape index (κ2) is 9.20. The zero-order chi connectivity index (χ0) is 19.8. The third-order valence-electron chi connectivity index (χ3n) is 3.73. The average molecular weight is 368 g/mol. The van der Waals surface area contributed by atoms with E-state index in [2.05, 4.69) is 15.5 Å². The first-order chi connectivity index (χ1) is 13.0. The standard InChI is InChI=1S/C19H20N4O4/c1-4-21-18(24)11-27-16-8-6-13(9-17(16)26-3)5-7-15-12(2)14(10-20)19(25)23-22-15/h5-9H,4,11H2,1-3H3,(H,21,24)(H,23,25)/b7-5+. The molecule has 2 aromatic rings. The molecule has 0 aliphatic rings. The summed E-state index contributed by atoms with van der Waals surface area (Å²) in [5.41, 5.74) is 1.31. The number of aromatic nitrogens is 2. The average Bonchev–Trinajstić information content (AvgIpc) is 2.66. The summed E-state index contributed by atoms with van der Waals surface area (Å²) < 4.78 is 10.8. The lowest BCUT2D eigenvalue weighted by molar-refractivity contribution is -0.123. The Kier molecular flexibility index (Phi) is 6.72. The number of carbonyl (C=O) groups is 1. The Labute approximate surface area is 156 Å². The molecular weight excluding hydrogens is 348 g/mol. The second-order valence-corrected chi connectivity index (χ2v) is 5.54. The lowest BCUT2D eigenvalue weighted by Gasteiger charge is -2.11. The van der Waals surface area contributed by atoms with E-state index in [1.807, 2.05) is 13.0 Å². The third-order valence-corrected chi connectivity index (χ3v) is 3.73. The van der Waals surface area contributed by atoms with Crippen LogP contribution in [-0.4, -0.2) is 36.4 Å². The highest BCUT2D eigenvalue weighted by Gasteiger charge is 2.09. The Hall–Kier alpha value is -3.60. The molecule has 2 N–H and O–H groups in total. The number of amides is 1. The van der Waals surface area contributed by atoms with Gasteiger partial charge in [-0.3, -0.25) is 9.59 Å². The molecule has 0 spiro atoms. The highest BCUT2D eigenvalue weighted by molar-refractivity contribution is 5.77. The van der Waals surface area contributed by atoms with Crippen LogP contribution in [0.3, 0.4) is 0 Å². The van der Waals surface area contributed by atoms with Gasteiger partial charge in [-0.05, 0) is 43.2 Å². The van der Waals surface area contributed by atoms with Crippen LogP contribution >= 0.6 is 0 Å². The van der Waals surface area contributed by atoms with Crippen molar-refractivity contribution in [3.05, 3.63) is 50.9 Å². The molecule has 27 heavy (non-hydrogen) atoms. The number of nitriles is 1. The highest BCUT2D eigenvalue weighted by atomic mass is 16.5. The zero-order valence-corrected chi connectivity index (χ0v) is 15.3. The molecule has 0 saturated heterocycles. The maximum atomic E-state index is 11.5. The Bertz CT molecular complexity index is 957. The van der Waals surface area contributed by atoms with E-state index in [9.17, 15) is 9.59 Å². The Morgan fingerprint density at radius 2 is 2.15 bits per heavy atom. The molecule has 0 atom stereocenters. The lowest BCUT2D eigenvalue weighted by atomic mass is 10.1. The molecule has 0 radical (unpaired) electrons. The van der Waals surface area contributed by atoms with E-state index in [1.54, 1.807) is 37.3 Å². The van der Waals surface area contributed by atoms with Crippen molar-refractivity contribution in [1.29, 1.82) is 5.26 Å². The normalized spacial score (nSPS) is 10.4. The molecule has 1 heterocycles. The van der Waals surface area contributed by atoms with Crippen LogP contribution < -0.4 is 20.3 Å². The van der Waals surface area contributed by atoms with Gasteiger partial charge in [0.1, 0.15) is 11.6 Å². The van der Waals surface area contributed by atoms with Gasteiger partial charge in [0, 0.05) is 6.54 Å². The van der Waals surface area contributed by atoms with Crippen molar-refractivity contribution in [2.24, 2.45) is 0 Å². The van der Waals surface area contributed by atoms with Crippen LogP contribution in [0.2, 0.25) is 0 Å². The number of aromatic amines is 1. The molecule has 8 nitrogen and oxygen atoms in total. The topological polar surface area (TPSA) is 117 Å². The van der Waals surface area contributed by atoms with Crippen molar-refractivity contribution in [2.75, 3.05) is 20.3 Å². The first-order valence-corrected chi connectivity index (χ1v) is 8.25. The van der Waals surface area contributed by atoms with Gasteiger partial charge in [0.2, 0.25) is 0 Å². The number of benzene rings is 1. The lowest BCUT2D eigenvalue weighted by Crippen LogP contribution is -2.28. The molecule has 0 aliphatic heterocycles. The Morgan fingerprint density at radius 3 is 2.81 bits per heavy atom. The maximum Gasteiger partial charge on any atom is 0.282 e. The number of rotatable bonds is 7. The van der Waals surface area contributed by atoms with Crippen molar-refractivity contribution in [2.45, 2.75) is 13.8 Å². The quantitative estimate of drug-likeness (QED) is 0.767. The number of ether oxygens (including phenoxy) is 2. The number of hydrogen-bond donors (Lipinski definition) is 2. The van der Waals surface area contributed by atoms with Crippen LogP contribution in [-0.2, 0) is 4.79 Å². The number of likely N-dealkylation sites (N-methyl/N-ethyl adjacent to an activating group) is 1. The van der Waals surface area contributed by atoms with Gasteiger partial charge in [-0.2, -0.15) is 10.4 Å². The van der Waals surface area contributed by atoms with Crippen molar-refractivity contribution < 1.29 is 14.3 Å². The molecule has 0 saturated carbocycles. The van der Waals surface area contributed by atoms with Crippen LogP contribution in [0.15, 0.2) is 23.0 Å². The van der Waals surface area contributed by atoms with Gasteiger partial charge in [-0.1, -0.05) is 12.1 Å². The summed E-state index contributed by atoms with van der Waals surface area (Å²) in [4.78, 5) is 23.1. The van der Waals surface area contributed by atoms with Crippen molar-refractivity contribution in [3.8, 4) is 17.6 Å². The first-order valence-electron chi connectivity index (χ1n) is 8.25. The van der Waals surface area contributed by atoms with E-state index in [0.29, 0.717) is 29.3 Å². The minimum atomic E-state index is -0.512. The fourth-order valence-corrected chi connectivity index (χ4v) is 2.32. The van der Waals surface area contributed by atoms with Gasteiger partial charge < -0.3 is 14.8 Å². The fourth-order valence-electron chi connectivity index (χ4n) is 2.32. The highest BCUT2D eigenvalue weighted by Crippen LogP contribution is 2.28. The summed E-state index contributed by atoms with van der Waals surface area (Å²) in [6.45, 7) is 3.93. The van der Waals surface area contributed by atoms with Crippen molar-refractivity contribution >= 4 is 18.1 Å². The molecule has 8 heteroatoms. The van der Waals surface area contributed by atoms with Crippen molar-refractivity contribution in [3.63, 3.8) is 0 Å². The van der Waals surface area contributed by atoms with Gasteiger partial charge in [0.15, 0.2) is 18.1 Å². The Morgan fingerprint density at radius 1 is 1.37 bits per heavy atom. The van der Waals surface area contributed by atoms with Crippen LogP contribution in [0, 0.1) is 18.3 Å². The predicted molar refractivity (Wildman–Crippen MR) is 100 cm³/mol. The van der Waals surface area contributed by atoms with E-state index in [1.165, 1.54) is 7.11 Å². The molecule has 0 bridgehead atoms. The van der Waals surface area contributed by atoms with Gasteiger partial charge in [0.05, 0.1) is 12.8 Å². The molecule has 0 fully saturated rings. The molecular formula is C19H20N4O4. The van der Waals surface area contributed by atoms with E-state index in [-0.39, 0.29) is 18.1 Å². The number of hydrogen-bond acceptors (Lipinski definition) is 6. The van der Waals surface area contributed by atoms with E-state index >= 15 is 0 Å². The molecule has 140 valence electrons. The van der Waals surface area contributed by atoms with Crippen LogP contribution in [0.4, 0.5) is 0 Å². The molecule has 2 rings (SSSR count). The Balaban J connectivity index is 2.21. The molecule has 1 aromatic carbocycles. The number of carbonyl (C=O) groups excluding carboxylic acids is 1. The van der Waals surface area contributed by atoms with Gasteiger partial charge >= 0.3 is 0 Å². The second-order valence-electron chi connectivity index (χ2n) is 5.54. The predicted octanol–water partition coefficient (Wildman–Crippen LogP) is 1.64. The third kappa shape index (κ3) is 4.95. The minimum Gasteiger partial charge on any atom is -0.493 e. The summed E-state index contributed by atoms with van der Waals surface area (Å²) in [5, 5.41) is 18.0. The number of nitrogens with zero attached hydrogens (tertiary/aromatic N) is 2. The van der Waals surface area contributed by atoms with Crippen LogP contribution in [0.5, 0.6) is 11.5 Å². The zero-order valence-electron chi connectivity index (χ0n) is 15.3. The van der Waals surface area contributed by atoms with Crippen molar-refractivity contribution in [1.82, 2.24) is 15.5 Å². The molecule has 0 aliphatic carbocycles. The number of nitrogens with one attached hydrogen (secondary N) is 2. The SMILES string of the molecule is CCNC(=O)COc1ccc(/C=C/c2n[nH]c(=O)c(C#N)c2C)cc1OC. The van der Waals surface area contributed by atoms with E-state index in [0.717, 1.165) is 5.56 Å². The van der Waals surface area contributed by atoms with Gasteiger partial charge in [-0.15, -0.1) is 0 Å². The van der Waals surface area contributed by atoms with E-state index in [4.69, 9.17) is 14.7 Å². The molecule has 0 unspecified atom stereocenters. The summed E-state index contributed by atoms with van der Waals surface area (Å²) in [5.74, 6) is 0.716. The summed E-state index contributed by atoms with van der Waals surface area (Å²) in [7, 11) is 1.51. The molecule has 1 amide bonds. The minimum absolute atomic E-state index is 0.0383. The van der Waals surface area contributed by atoms with Gasteiger partial charge in [-0.25, -0.2) is 5.10 Å². The van der Waals surface area contributed by atoms with E-state index < -0.39 is 5.56 Å². The molecule has 1 aromatic heterocycles. The summed E-state index contributed by atoms with van der Waals surface area (Å²) in [6.07, 6.45) is 3.46. The largest absolute Gasteiger partial charge is 0.493 e. The fraction of sp³-hybridized carbons (Fsp3) is 0.263. The van der Waals surface area contributed by atoms with Gasteiger partial charge in [0.25, 0.3) is 11.5 Å². The van der Waals surface area contributed by atoms with Crippen LogP contribution in [0.25, 0.3) is 12.2 Å². The first kappa shape index (κ1) is 19.7. The monoisotopic (exact) mass is 368 g/mol. The maximum absolute atomic E-state index is 11.5.